The highest BCUT2D eigenvalue weighted by Gasteiger charge is 2.17. The molecule has 0 saturated carbocycles. The van der Waals surface area contributed by atoms with E-state index < -0.39 is 0 Å². The molecule has 3 aromatic rings. The molecule has 1 unspecified atom stereocenters. The fourth-order valence-corrected chi connectivity index (χ4v) is 2.88. The van der Waals surface area contributed by atoms with Crippen molar-refractivity contribution in [2.24, 2.45) is 0 Å². The number of hydrogen-bond acceptors (Lipinski definition) is 2. The summed E-state index contributed by atoms with van der Waals surface area (Å²) >= 11 is 3.45. The Bertz CT molecular complexity index is 785. The first kappa shape index (κ1) is 16.5. The Labute approximate surface area is 150 Å². The van der Waals surface area contributed by atoms with E-state index in [0.29, 0.717) is 6.42 Å². The molecule has 0 saturated heterocycles. The molecule has 0 amide bonds. The second kappa shape index (κ2) is 7.93. The van der Waals surface area contributed by atoms with Crippen molar-refractivity contribution in [3.05, 3.63) is 101 Å². The van der Waals surface area contributed by atoms with E-state index in [1.165, 1.54) is 0 Å². The molecule has 0 fully saturated rings. The van der Waals surface area contributed by atoms with E-state index in [9.17, 15) is 4.79 Å². The molecule has 3 heteroatoms. The predicted molar refractivity (Wildman–Crippen MR) is 102 cm³/mol. The van der Waals surface area contributed by atoms with Crippen LogP contribution < -0.4 is 5.32 Å². The number of carbonyl (C=O) groups excluding carboxylic acids is 1. The molecule has 2 nitrogen and oxygen atoms in total. The van der Waals surface area contributed by atoms with Crippen molar-refractivity contribution in [3.63, 3.8) is 0 Å². The smallest absolute Gasteiger partial charge is 0.165 e. The zero-order valence-corrected chi connectivity index (χ0v) is 14.7. The maximum atomic E-state index is 12.6. The Morgan fingerprint density at radius 2 is 1.42 bits per heavy atom. The number of nitrogens with one attached hydrogen (secondary N) is 1. The first-order chi connectivity index (χ1) is 11.7. The van der Waals surface area contributed by atoms with Gasteiger partial charge >= 0.3 is 0 Å². The third-order valence-corrected chi connectivity index (χ3v) is 4.40. The molecule has 1 N–H and O–H groups in total. The zero-order chi connectivity index (χ0) is 16.8. The average Bonchev–Trinajstić information content (AvgIpc) is 2.64. The molecule has 0 radical (unpaired) electrons. The summed E-state index contributed by atoms with van der Waals surface area (Å²) in [6.45, 7) is 0. The highest BCUT2D eigenvalue weighted by Crippen LogP contribution is 2.25. The molecule has 0 heterocycles. The minimum absolute atomic E-state index is 0.0694. The lowest BCUT2D eigenvalue weighted by molar-refractivity contribution is 0.0976. The van der Waals surface area contributed by atoms with Gasteiger partial charge in [0.05, 0.1) is 6.04 Å². The van der Waals surface area contributed by atoms with Gasteiger partial charge in [0.1, 0.15) is 0 Å². The average molecular weight is 380 g/mol. The summed E-state index contributed by atoms with van der Waals surface area (Å²) in [6, 6.07) is 27.5. The van der Waals surface area contributed by atoms with E-state index in [2.05, 4.69) is 33.4 Å². The summed E-state index contributed by atoms with van der Waals surface area (Å²) in [5.74, 6) is 0.133. The van der Waals surface area contributed by atoms with Gasteiger partial charge in [0.2, 0.25) is 0 Å². The zero-order valence-electron chi connectivity index (χ0n) is 13.2. The van der Waals surface area contributed by atoms with Crippen LogP contribution in [0, 0.1) is 0 Å². The first-order valence-electron chi connectivity index (χ1n) is 7.87. The standard InChI is InChI=1S/C21H18BrNO/c22-18-11-13-19(14-12-18)23-20(16-7-3-1-4-8-16)15-21(24)17-9-5-2-6-10-17/h1-14,20,23H,15H2. The number of anilines is 1. The second-order valence-electron chi connectivity index (χ2n) is 5.61. The molecule has 0 spiro atoms. The fourth-order valence-electron chi connectivity index (χ4n) is 2.61. The number of Topliss-reactive ketones (excluding diaryl/α,β-unsaturated/α-hetero) is 1. The minimum Gasteiger partial charge on any atom is -0.378 e. The molecule has 0 aliphatic rings. The molecule has 0 aromatic heterocycles. The van der Waals surface area contributed by atoms with Gasteiger partial charge in [-0.1, -0.05) is 76.6 Å². The van der Waals surface area contributed by atoms with Crippen LogP contribution in [0.2, 0.25) is 0 Å². The SMILES string of the molecule is O=C(CC(Nc1ccc(Br)cc1)c1ccccc1)c1ccccc1. The maximum absolute atomic E-state index is 12.6. The van der Waals surface area contributed by atoms with Gasteiger partial charge in [0, 0.05) is 22.1 Å². The van der Waals surface area contributed by atoms with Crippen molar-refractivity contribution < 1.29 is 4.79 Å². The van der Waals surface area contributed by atoms with Gasteiger partial charge in [-0.05, 0) is 29.8 Å². The molecule has 3 rings (SSSR count). The third-order valence-electron chi connectivity index (χ3n) is 3.87. The number of ketones is 1. The van der Waals surface area contributed by atoms with Crippen molar-refractivity contribution in [2.75, 3.05) is 5.32 Å². The van der Waals surface area contributed by atoms with Crippen LogP contribution in [0.4, 0.5) is 5.69 Å². The Balaban J connectivity index is 1.82. The van der Waals surface area contributed by atoms with Crippen molar-refractivity contribution in [1.82, 2.24) is 0 Å². The van der Waals surface area contributed by atoms with Crippen molar-refractivity contribution in [1.29, 1.82) is 0 Å². The van der Waals surface area contributed by atoms with Crippen LogP contribution in [0.3, 0.4) is 0 Å². The van der Waals surface area contributed by atoms with Gasteiger partial charge in [-0.25, -0.2) is 0 Å². The van der Waals surface area contributed by atoms with Crippen LogP contribution in [0.1, 0.15) is 28.4 Å². The first-order valence-corrected chi connectivity index (χ1v) is 8.67. The summed E-state index contributed by atoms with van der Waals surface area (Å²) in [4.78, 5) is 12.6. The summed E-state index contributed by atoms with van der Waals surface area (Å²) in [7, 11) is 0. The van der Waals surface area contributed by atoms with Gasteiger partial charge in [-0.3, -0.25) is 4.79 Å². The monoisotopic (exact) mass is 379 g/mol. The van der Waals surface area contributed by atoms with E-state index in [1.807, 2.05) is 72.8 Å². The Morgan fingerprint density at radius 1 is 0.833 bits per heavy atom. The number of carbonyl (C=O) groups is 1. The van der Waals surface area contributed by atoms with E-state index in [-0.39, 0.29) is 11.8 Å². The summed E-state index contributed by atoms with van der Waals surface area (Å²) in [5.41, 5.74) is 2.84. The molecular weight excluding hydrogens is 362 g/mol. The van der Waals surface area contributed by atoms with Crippen LogP contribution in [0.25, 0.3) is 0 Å². The van der Waals surface area contributed by atoms with Gasteiger partial charge in [0.15, 0.2) is 5.78 Å². The predicted octanol–water partition coefficient (Wildman–Crippen LogP) is 5.88. The highest BCUT2D eigenvalue weighted by molar-refractivity contribution is 9.10. The van der Waals surface area contributed by atoms with E-state index in [1.54, 1.807) is 0 Å². The third kappa shape index (κ3) is 4.33. The quantitative estimate of drug-likeness (QED) is 0.542. The summed E-state index contributed by atoms with van der Waals surface area (Å²) in [6.07, 6.45) is 0.407. The lowest BCUT2D eigenvalue weighted by Crippen LogP contribution is -2.15. The van der Waals surface area contributed by atoms with Crippen LogP contribution in [0.5, 0.6) is 0 Å². The highest BCUT2D eigenvalue weighted by atomic mass is 79.9. The van der Waals surface area contributed by atoms with E-state index in [0.717, 1.165) is 21.3 Å². The number of benzene rings is 3. The van der Waals surface area contributed by atoms with Crippen LogP contribution >= 0.6 is 15.9 Å². The summed E-state index contributed by atoms with van der Waals surface area (Å²) < 4.78 is 1.03. The number of hydrogen-bond donors (Lipinski definition) is 1. The molecule has 120 valence electrons. The summed E-state index contributed by atoms with van der Waals surface area (Å²) in [5, 5.41) is 3.48. The normalized spacial score (nSPS) is 11.7. The van der Waals surface area contributed by atoms with Crippen molar-refractivity contribution >= 4 is 27.4 Å². The van der Waals surface area contributed by atoms with Crippen molar-refractivity contribution in [2.45, 2.75) is 12.5 Å². The van der Waals surface area contributed by atoms with Crippen LogP contribution in [-0.2, 0) is 0 Å². The minimum atomic E-state index is -0.0694. The fraction of sp³-hybridized carbons (Fsp3) is 0.0952. The van der Waals surface area contributed by atoms with Gasteiger partial charge < -0.3 is 5.32 Å². The largest absolute Gasteiger partial charge is 0.378 e. The number of rotatable bonds is 6. The molecular formula is C21H18BrNO. The van der Waals surface area contributed by atoms with Gasteiger partial charge in [-0.15, -0.1) is 0 Å². The van der Waals surface area contributed by atoms with Gasteiger partial charge in [-0.2, -0.15) is 0 Å². The lowest BCUT2D eigenvalue weighted by atomic mass is 9.97. The Morgan fingerprint density at radius 3 is 2.04 bits per heavy atom. The number of halogens is 1. The Kier molecular flexibility index (Phi) is 5.44. The maximum Gasteiger partial charge on any atom is 0.165 e. The topological polar surface area (TPSA) is 29.1 Å². The van der Waals surface area contributed by atoms with Crippen LogP contribution in [0.15, 0.2) is 89.4 Å². The van der Waals surface area contributed by atoms with Crippen LogP contribution in [-0.4, -0.2) is 5.78 Å². The van der Waals surface area contributed by atoms with Crippen molar-refractivity contribution in [3.8, 4) is 0 Å². The van der Waals surface area contributed by atoms with E-state index in [4.69, 9.17) is 0 Å². The molecule has 0 bridgehead atoms. The lowest BCUT2D eigenvalue weighted by Gasteiger charge is -2.20. The Hall–Kier alpha value is -2.39. The van der Waals surface area contributed by atoms with Gasteiger partial charge in [0.25, 0.3) is 0 Å². The van der Waals surface area contributed by atoms with E-state index >= 15 is 0 Å². The molecule has 0 aliphatic carbocycles. The molecule has 1 atom stereocenters. The molecule has 3 aromatic carbocycles. The molecule has 24 heavy (non-hydrogen) atoms. The second-order valence-corrected chi connectivity index (χ2v) is 6.52. The molecule has 0 aliphatic heterocycles.